The number of aromatic nitrogens is 6. The molecule has 1 atom stereocenters. The van der Waals surface area contributed by atoms with E-state index in [0.29, 0.717) is 18.1 Å². The first kappa shape index (κ1) is 19.4. The van der Waals surface area contributed by atoms with Crippen molar-refractivity contribution in [1.82, 2.24) is 30.2 Å². The molecule has 0 saturated heterocycles. The predicted molar refractivity (Wildman–Crippen MR) is 115 cm³/mol. The number of hydrogen-bond donors (Lipinski definition) is 2. The van der Waals surface area contributed by atoms with E-state index < -0.39 is 5.97 Å². The van der Waals surface area contributed by atoms with E-state index in [2.05, 4.69) is 32.5 Å². The fraction of sp³-hybridized carbons (Fsp3) is 0.227. The van der Waals surface area contributed by atoms with Gasteiger partial charge in [-0.2, -0.15) is 5.21 Å². The summed E-state index contributed by atoms with van der Waals surface area (Å²) in [5.74, 6) is 0.0501. The number of carboxylic acid groups (broad SMARTS) is 1. The molecule has 2 aliphatic rings. The number of aryl methyl sites for hydroxylation is 1. The van der Waals surface area contributed by atoms with Gasteiger partial charge < -0.3 is 9.67 Å². The second-order valence-electron chi connectivity index (χ2n) is 7.44. The topological polar surface area (TPSA) is 110 Å². The standard InChI is InChI=1S/C22H19ClN6O2/c1-2-3-9-15-24-20(23)19(22(30)31)29(15)18-14-11-10-13(12-7-5-4-6-8-12)16(18)17(14)21-25-27-28-26-21/h4-8,10-11,18H,2-3,9H2,1H3,(H,30,31)(H,25,26,27,28). The van der Waals surface area contributed by atoms with Crippen LogP contribution in [0.15, 0.2) is 53.6 Å². The van der Waals surface area contributed by atoms with E-state index in [1.165, 1.54) is 0 Å². The number of H-pyrrole nitrogens is 1. The molecule has 0 amide bonds. The third kappa shape index (κ3) is 3.02. The van der Waals surface area contributed by atoms with E-state index in [0.717, 1.165) is 40.7 Å². The quantitative estimate of drug-likeness (QED) is 0.578. The number of nitrogens with zero attached hydrogens (tertiary/aromatic N) is 5. The van der Waals surface area contributed by atoms with Crippen LogP contribution < -0.4 is 0 Å². The Kier molecular flexibility index (Phi) is 4.78. The number of carboxylic acids is 1. The van der Waals surface area contributed by atoms with Crippen molar-refractivity contribution in [2.24, 2.45) is 0 Å². The van der Waals surface area contributed by atoms with Gasteiger partial charge in [0.1, 0.15) is 5.82 Å². The molecule has 2 heterocycles. The first-order valence-electron chi connectivity index (χ1n) is 10.1. The summed E-state index contributed by atoms with van der Waals surface area (Å²) in [7, 11) is 0. The van der Waals surface area contributed by atoms with Crippen LogP contribution in [0.5, 0.6) is 0 Å². The molecule has 0 spiro atoms. The molecular weight excluding hydrogens is 416 g/mol. The summed E-state index contributed by atoms with van der Waals surface area (Å²) in [6, 6.07) is 9.63. The van der Waals surface area contributed by atoms with Crippen LogP contribution in [0.1, 0.15) is 53.5 Å². The number of nitrogens with one attached hydrogen (secondary N) is 1. The van der Waals surface area contributed by atoms with Crippen molar-refractivity contribution in [3.63, 3.8) is 0 Å². The lowest BCUT2D eigenvalue weighted by Crippen LogP contribution is -2.32. The van der Waals surface area contributed by atoms with Crippen LogP contribution in [0.2, 0.25) is 5.15 Å². The lowest BCUT2D eigenvalue weighted by atomic mass is 9.68. The van der Waals surface area contributed by atoms with Crippen molar-refractivity contribution in [2.45, 2.75) is 32.2 Å². The summed E-state index contributed by atoms with van der Waals surface area (Å²) >= 11 is 6.29. The number of halogens is 1. The minimum Gasteiger partial charge on any atom is -0.476 e. The molecule has 156 valence electrons. The zero-order valence-corrected chi connectivity index (χ0v) is 17.5. The Morgan fingerprint density at radius 2 is 2.06 bits per heavy atom. The van der Waals surface area contributed by atoms with Gasteiger partial charge in [0, 0.05) is 12.0 Å². The molecule has 31 heavy (non-hydrogen) atoms. The van der Waals surface area contributed by atoms with Gasteiger partial charge in [0.15, 0.2) is 10.8 Å². The summed E-state index contributed by atoms with van der Waals surface area (Å²) in [4.78, 5) is 16.5. The Labute approximate surface area is 183 Å². The van der Waals surface area contributed by atoms with Crippen molar-refractivity contribution in [2.75, 3.05) is 0 Å². The maximum atomic E-state index is 12.1. The van der Waals surface area contributed by atoms with E-state index in [-0.39, 0.29) is 16.9 Å². The summed E-state index contributed by atoms with van der Waals surface area (Å²) in [5, 5.41) is 24.5. The molecule has 5 rings (SSSR count). The van der Waals surface area contributed by atoms with Crippen molar-refractivity contribution in [1.29, 1.82) is 0 Å². The van der Waals surface area contributed by atoms with Crippen LogP contribution >= 0.6 is 11.6 Å². The zero-order chi connectivity index (χ0) is 21.5. The fourth-order valence-electron chi connectivity index (χ4n) is 4.31. The minimum atomic E-state index is -1.10. The Bertz CT molecular complexity index is 1250. The second kappa shape index (κ2) is 7.63. The normalized spacial score (nSPS) is 17.3. The van der Waals surface area contributed by atoms with E-state index in [4.69, 9.17) is 11.6 Å². The maximum absolute atomic E-state index is 12.1. The molecule has 0 aliphatic heterocycles. The van der Waals surface area contributed by atoms with Gasteiger partial charge in [0.05, 0.1) is 6.04 Å². The molecule has 2 bridgehead atoms. The molecule has 9 heteroatoms. The number of rotatable bonds is 7. The van der Waals surface area contributed by atoms with Crippen LogP contribution in [-0.2, 0) is 6.42 Å². The van der Waals surface area contributed by atoms with Crippen molar-refractivity contribution in [3.8, 4) is 0 Å². The van der Waals surface area contributed by atoms with E-state index in [1.807, 2.05) is 42.5 Å². The number of benzene rings is 1. The third-order valence-corrected chi connectivity index (χ3v) is 5.92. The number of imidazole rings is 1. The molecule has 2 aromatic heterocycles. The molecule has 2 aliphatic carbocycles. The first-order chi connectivity index (χ1) is 15.1. The minimum absolute atomic E-state index is 0.00245. The van der Waals surface area contributed by atoms with Crippen molar-refractivity contribution >= 4 is 28.7 Å². The number of carbonyl (C=O) groups is 1. The highest BCUT2D eigenvalue weighted by Gasteiger charge is 2.45. The fourth-order valence-corrected chi connectivity index (χ4v) is 4.58. The average molecular weight is 435 g/mol. The number of fused-ring (bicyclic) bond motifs is 2. The molecule has 2 N–H and O–H groups in total. The molecule has 1 aromatic carbocycles. The van der Waals surface area contributed by atoms with E-state index in [1.54, 1.807) is 4.57 Å². The van der Waals surface area contributed by atoms with E-state index in [9.17, 15) is 9.90 Å². The lowest BCUT2D eigenvalue weighted by Gasteiger charge is -2.41. The van der Waals surface area contributed by atoms with Gasteiger partial charge in [0.2, 0.25) is 5.82 Å². The Morgan fingerprint density at radius 1 is 1.26 bits per heavy atom. The Balaban J connectivity index is 1.71. The SMILES string of the molecule is CCCCc1nc(Cl)c(C(=O)O)n1C1c2ccc(-c3ccccc3)c1c2-c1nn[nH]n1. The second-order valence-corrected chi connectivity index (χ2v) is 7.80. The summed E-state index contributed by atoms with van der Waals surface area (Å²) in [5.41, 5.74) is 4.75. The monoisotopic (exact) mass is 434 g/mol. The maximum Gasteiger partial charge on any atom is 0.355 e. The number of unbranched alkanes of at least 4 members (excludes halogenated alkanes) is 1. The summed E-state index contributed by atoms with van der Waals surface area (Å²) < 4.78 is 1.76. The number of aromatic carboxylic acids is 1. The summed E-state index contributed by atoms with van der Waals surface area (Å²) in [6.07, 6.45) is 6.53. The predicted octanol–water partition coefficient (Wildman–Crippen LogP) is 4.12. The largest absolute Gasteiger partial charge is 0.476 e. The van der Waals surface area contributed by atoms with Crippen molar-refractivity contribution in [3.05, 3.63) is 81.7 Å². The lowest BCUT2D eigenvalue weighted by molar-refractivity contribution is 0.0684. The number of allylic oxidation sites excluding steroid dienone is 6. The Hall–Kier alpha value is -3.52. The molecule has 0 radical (unpaired) electrons. The van der Waals surface area contributed by atoms with Crippen LogP contribution in [0.4, 0.5) is 0 Å². The van der Waals surface area contributed by atoms with Gasteiger partial charge in [-0.05, 0) is 33.9 Å². The molecule has 0 fully saturated rings. The van der Waals surface area contributed by atoms with Gasteiger partial charge in [-0.1, -0.05) is 67.4 Å². The molecular formula is C22H19ClN6O2. The molecule has 0 saturated carbocycles. The van der Waals surface area contributed by atoms with Gasteiger partial charge in [-0.15, -0.1) is 10.2 Å². The van der Waals surface area contributed by atoms with E-state index >= 15 is 0 Å². The first-order valence-corrected chi connectivity index (χ1v) is 10.5. The Morgan fingerprint density at radius 3 is 2.74 bits per heavy atom. The number of aromatic amines is 1. The highest BCUT2D eigenvalue weighted by atomic mass is 35.5. The average Bonchev–Trinajstić information content (AvgIpc) is 3.41. The highest BCUT2D eigenvalue weighted by Crippen LogP contribution is 2.57. The third-order valence-electron chi connectivity index (χ3n) is 5.66. The highest BCUT2D eigenvalue weighted by molar-refractivity contribution is 6.32. The van der Waals surface area contributed by atoms with Crippen molar-refractivity contribution < 1.29 is 9.90 Å². The number of tetrazole rings is 1. The van der Waals surface area contributed by atoms with Crippen LogP contribution in [0.25, 0.3) is 11.1 Å². The van der Waals surface area contributed by atoms with Crippen LogP contribution in [0.3, 0.4) is 0 Å². The van der Waals surface area contributed by atoms with Crippen LogP contribution in [-0.4, -0.2) is 41.3 Å². The van der Waals surface area contributed by atoms with Gasteiger partial charge in [-0.25, -0.2) is 9.78 Å². The smallest absolute Gasteiger partial charge is 0.355 e. The van der Waals surface area contributed by atoms with Crippen LogP contribution in [0, 0.1) is 0 Å². The van der Waals surface area contributed by atoms with Gasteiger partial charge in [-0.3, -0.25) is 0 Å². The zero-order valence-electron chi connectivity index (χ0n) is 16.7. The molecule has 3 aromatic rings. The van der Waals surface area contributed by atoms with Gasteiger partial charge >= 0.3 is 5.97 Å². The van der Waals surface area contributed by atoms with Gasteiger partial charge in [0.25, 0.3) is 0 Å². The molecule has 8 nitrogen and oxygen atoms in total. The number of hydrogen-bond acceptors (Lipinski definition) is 5. The summed E-state index contributed by atoms with van der Waals surface area (Å²) in [6.45, 7) is 2.08. The molecule has 1 unspecified atom stereocenters.